The molecule has 0 radical (unpaired) electrons. The van der Waals surface area contributed by atoms with Crippen molar-refractivity contribution in [1.29, 1.82) is 0 Å². The highest BCUT2D eigenvalue weighted by atomic mass is 16.5. The standard InChI is InChI=1S/C22H19NO2/c1-17-11-13-18(14-12-17)15-16-22(24)23-20-9-5-6-10-21(20)25-19-7-3-2-4-8-19/h2-16H,1H3,(H,23,24). The molecule has 3 rings (SSSR count). The van der Waals surface area contributed by atoms with Crippen LogP contribution < -0.4 is 10.1 Å². The van der Waals surface area contributed by atoms with Gasteiger partial charge in [0.2, 0.25) is 5.91 Å². The SMILES string of the molecule is Cc1ccc(C=CC(=O)Nc2ccccc2Oc2ccccc2)cc1. The van der Waals surface area contributed by atoms with Crippen LogP contribution in [0.1, 0.15) is 11.1 Å². The van der Waals surface area contributed by atoms with Gasteiger partial charge in [-0.05, 0) is 42.8 Å². The zero-order valence-corrected chi connectivity index (χ0v) is 14.0. The van der Waals surface area contributed by atoms with Crippen LogP contribution >= 0.6 is 0 Å². The molecule has 0 fully saturated rings. The minimum absolute atomic E-state index is 0.204. The average molecular weight is 329 g/mol. The number of hydrogen-bond acceptors (Lipinski definition) is 2. The number of aryl methyl sites for hydroxylation is 1. The Morgan fingerprint density at radius 2 is 1.56 bits per heavy atom. The minimum atomic E-state index is -0.204. The summed E-state index contributed by atoms with van der Waals surface area (Å²) in [6, 6.07) is 24.8. The first-order valence-corrected chi connectivity index (χ1v) is 8.08. The van der Waals surface area contributed by atoms with Crippen LogP contribution in [0.15, 0.2) is 84.9 Å². The van der Waals surface area contributed by atoms with E-state index in [1.807, 2.05) is 85.8 Å². The third-order valence-electron chi connectivity index (χ3n) is 3.62. The van der Waals surface area contributed by atoms with E-state index in [9.17, 15) is 4.79 Å². The van der Waals surface area contributed by atoms with E-state index in [2.05, 4.69) is 5.32 Å². The lowest BCUT2D eigenvalue weighted by Crippen LogP contribution is -2.08. The van der Waals surface area contributed by atoms with E-state index < -0.39 is 0 Å². The number of carbonyl (C=O) groups is 1. The lowest BCUT2D eigenvalue weighted by molar-refractivity contribution is -0.111. The van der Waals surface area contributed by atoms with Crippen molar-refractivity contribution in [2.45, 2.75) is 6.92 Å². The normalized spacial score (nSPS) is 10.6. The van der Waals surface area contributed by atoms with E-state index in [-0.39, 0.29) is 5.91 Å². The Kier molecular flexibility index (Phi) is 5.27. The average Bonchev–Trinajstić information content (AvgIpc) is 2.64. The summed E-state index contributed by atoms with van der Waals surface area (Å²) in [5, 5.41) is 2.86. The number of para-hydroxylation sites is 3. The Hall–Kier alpha value is -3.33. The highest BCUT2D eigenvalue weighted by molar-refractivity contribution is 6.02. The second kappa shape index (κ2) is 7.97. The first-order chi connectivity index (χ1) is 12.2. The fraction of sp³-hybridized carbons (Fsp3) is 0.0455. The summed E-state index contributed by atoms with van der Waals surface area (Å²) in [4.78, 5) is 12.2. The molecular formula is C22H19NO2. The van der Waals surface area contributed by atoms with Gasteiger partial charge in [-0.2, -0.15) is 0 Å². The Morgan fingerprint density at radius 3 is 2.32 bits per heavy atom. The lowest BCUT2D eigenvalue weighted by Gasteiger charge is -2.11. The van der Waals surface area contributed by atoms with Gasteiger partial charge in [0.1, 0.15) is 5.75 Å². The summed E-state index contributed by atoms with van der Waals surface area (Å²) in [7, 11) is 0. The first kappa shape index (κ1) is 16.5. The Labute approximate surface area is 147 Å². The van der Waals surface area contributed by atoms with Crippen molar-refractivity contribution in [3.8, 4) is 11.5 Å². The van der Waals surface area contributed by atoms with Gasteiger partial charge in [0.05, 0.1) is 5.69 Å². The monoisotopic (exact) mass is 329 g/mol. The van der Waals surface area contributed by atoms with Crippen molar-refractivity contribution < 1.29 is 9.53 Å². The predicted octanol–water partition coefficient (Wildman–Crippen LogP) is 5.44. The number of anilines is 1. The molecule has 0 unspecified atom stereocenters. The minimum Gasteiger partial charge on any atom is -0.455 e. The number of hydrogen-bond donors (Lipinski definition) is 1. The molecule has 3 nitrogen and oxygen atoms in total. The molecule has 0 aliphatic rings. The fourth-order valence-electron chi connectivity index (χ4n) is 2.30. The van der Waals surface area contributed by atoms with Gasteiger partial charge >= 0.3 is 0 Å². The van der Waals surface area contributed by atoms with E-state index in [0.29, 0.717) is 11.4 Å². The molecule has 3 heteroatoms. The number of rotatable bonds is 5. The summed E-state index contributed by atoms with van der Waals surface area (Å²) in [5.41, 5.74) is 2.80. The second-order valence-electron chi connectivity index (χ2n) is 5.64. The molecule has 124 valence electrons. The summed E-state index contributed by atoms with van der Waals surface area (Å²) in [6.45, 7) is 2.03. The second-order valence-corrected chi connectivity index (χ2v) is 5.64. The van der Waals surface area contributed by atoms with E-state index in [4.69, 9.17) is 4.74 Å². The molecule has 0 saturated carbocycles. The third-order valence-corrected chi connectivity index (χ3v) is 3.62. The van der Waals surface area contributed by atoms with Gasteiger partial charge in [0, 0.05) is 6.08 Å². The van der Waals surface area contributed by atoms with Crippen molar-refractivity contribution in [2.75, 3.05) is 5.32 Å². The van der Waals surface area contributed by atoms with E-state index in [1.54, 1.807) is 6.08 Å². The highest BCUT2D eigenvalue weighted by Crippen LogP contribution is 2.29. The maximum atomic E-state index is 12.2. The summed E-state index contributed by atoms with van der Waals surface area (Å²) in [6.07, 6.45) is 3.30. The van der Waals surface area contributed by atoms with Crippen molar-refractivity contribution in [1.82, 2.24) is 0 Å². The largest absolute Gasteiger partial charge is 0.455 e. The van der Waals surface area contributed by atoms with Crippen LogP contribution in [-0.2, 0) is 4.79 Å². The molecule has 3 aromatic carbocycles. The zero-order chi connectivity index (χ0) is 17.5. The molecule has 3 aromatic rings. The molecule has 1 N–H and O–H groups in total. The summed E-state index contributed by atoms with van der Waals surface area (Å²) in [5.74, 6) is 1.12. The zero-order valence-electron chi connectivity index (χ0n) is 14.0. The van der Waals surface area contributed by atoms with Crippen LogP contribution in [0.4, 0.5) is 5.69 Å². The highest BCUT2D eigenvalue weighted by Gasteiger charge is 2.06. The van der Waals surface area contributed by atoms with Gasteiger partial charge in [-0.15, -0.1) is 0 Å². The van der Waals surface area contributed by atoms with Gasteiger partial charge in [-0.1, -0.05) is 60.2 Å². The van der Waals surface area contributed by atoms with Crippen LogP contribution in [0.3, 0.4) is 0 Å². The summed E-state index contributed by atoms with van der Waals surface area (Å²) < 4.78 is 5.85. The van der Waals surface area contributed by atoms with E-state index in [1.165, 1.54) is 11.6 Å². The van der Waals surface area contributed by atoms with Gasteiger partial charge in [0.25, 0.3) is 0 Å². The lowest BCUT2D eigenvalue weighted by atomic mass is 10.1. The van der Waals surface area contributed by atoms with Crippen LogP contribution in [-0.4, -0.2) is 5.91 Å². The van der Waals surface area contributed by atoms with Crippen molar-refractivity contribution >= 4 is 17.7 Å². The predicted molar refractivity (Wildman–Crippen MR) is 102 cm³/mol. The molecule has 0 bridgehead atoms. The number of amides is 1. The Bertz CT molecular complexity index is 868. The molecule has 1 amide bonds. The fourth-order valence-corrected chi connectivity index (χ4v) is 2.30. The van der Waals surface area contributed by atoms with Crippen LogP contribution in [0, 0.1) is 6.92 Å². The van der Waals surface area contributed by atoms with Crippen molar-refractivity contribution in [3.05, 3.63) is 96.1 Å². The van der Waals surface area contributed by atoms with Gasteiger partial charge < -0.3 is 10.1 Å². The molecule has 0 saturated heterocycles. The number of ether oxygens (including phenoxy) is 1. The number of benzene rings is 3. The van der Waals surface area contributed by atoms with Gasteiger partial charge in [-0.25, -0.2) is 0 Å². The van der Waals surface area contributed by atoms with Crippen LogP contribution in [0.2, 0.25) is 0 Å². The molecule has 0 spiro atoms. The molecule has 0 heterocycles. The number of nitrogens with one attached hydrogen (secondary N) is 1. The Morgan fingerprint density at radius 1 is 0.880 bits per heavy atom. The van der Waals surface area contributed by atoms with Gasteiger partial charge in [-0.3, -0.25) is 4.79 Å². The smallest absolute Gasteiger partial charge is 0.248 e. The van der Waals surface area contributed by atoms with Crippen LogP contribution in [0.25, 0.3) is 6.08 Å². The van der Waals surface area contributed by atoms with E-state index in [0.717, 1.165) is 11.3 Å². The molecule has 25 heavy (non-hydrogen) atoms. The van der Waals surface area contributed by atoms with Crippen LogP contribution in [0.5, 0.6) is 11.5 Å². The van der Waals surface area contributed by atoms with Crippen molar-refractivity contribution in [2.24, 2.45) is 0 Å². The first-order valence-electron chi connectivity index (χ1n) is 8.08. The van der Waals surface area contributed by atoms with Gasteiger partial charge in [0.15, 0.2) is 5.75 Å². The maximum absolute atomic E-state index is 12.2. The molecule has 0 atom stereocenters. The van der Waals surface area contributed by atoms with E-state index >= 15 is 0 Å². The van der Waals surface area contributed by atoms with Crippen molar-refractivity contribution in [3.63, 3.8) is 0 Å². The molecular weight excluding hydrogens is 310 g/mol. The topological polar surface area (TPSA) is 38.3 Å². The maximum Gasteiger partial charge on any atom is 0.248 e. The molecule has 0 aromatic heterocycles. The molecule has 0 aliphatic carbocycles. The Balaban J connectivity index is 1.70. The third kappa shape index (κ3) is 4.82. The quantitative estimate of drug-likeness (QED) is 0.633. The summed E-state index contributed by atoms with van der Waals surface area (Å²) >= 11 is 0. The number of carbonyl (C=O) groups excluding carboxylic acids is 1. The molecule has 0 aliphatic heterocycles.